The van der Waals surface area contributed by atoms with Crippen molar-refractivity contribution in [2.24, 2.45) is 0 Å². The molecule has 2 heterocycles. The number of nitrogens with zero attached hydrogens (tertiary/aromatic N) is 3. The number of nitrogens with one attached hydrogen (secondary N) is 1. The summed E-state index contributed by atoms with van der Waals surface area (Å²) in [5.74, 6) is 0.614. The van der Waals surface area contributed by atoms with Crippen molar-refractivity contribution in [3.8, 4) is 0 Å². The van der Waals surface area contributed by atoms with Crippen molar-refractivity contribution in [2.75, 3.05) is 5.32 Å². The van der Waals surface area contributed by atoms with Gasteiger partial charge in [0.1, 0.15) is 4.60 Å². The Morgan fingerprint density at radius 1 is 1.26 bits per heavy atom. The Morgan fingerprint density at radius 3 is 2.89 bits per heavy atom. The van der Waals surface area contributed by atoms with Crippen molar-refractivity contribution in [3.05, 3.63) is 51.4 Å². The summed E-state index contributed by atoms with van der Waals surface area (Å²) in [6.45, 7) is 0. The summed E-state index contributed by atoms with van der Waals surface area (Å²) in [7, 11) is 0. The van der Waals surface area contributed by atoms with Gasteiger partial charge in [0.25, 0.3) is 0 Å². The van der Waals surface area contributed by atoms with Crippen LogP contribution in [0.15, 0.2) is 41.4 Å². The third-order valence-electron chi connectivity index (χ3n) is 2.53. The number of fused-ring (bicyclic) bond motifs is 1. The second-order valence-electron chi connectivity index (χ2n) is 3.82. The lowest BCUT2D eigenvalue weighted by Crippen LogP contribution is -1.99. The summed E-state index contributed by atoms with van der Waals surface area (Å²) in [4.78, 5) is 8.61. The van der Waals surface area contributed by atoms with Crippen LogP contribution in [0.25, 0.3) is 5.65 Å². The van der Waals surface area contributed by atoms with Crippen LogP contribution < -0.4 is 5.32 Å². The highest BCUT2D eigenvalue weighted by Crippen LogP contribution is 2.29. The van der Waals surface area contributed by atoms with Gasteiger partial charge in [-0.25, -0.2) is 9.97 Å². The molecule has 3 aromatic rings. The van der Waals surface area contributed by atoms with Gasteiger partial charge < -0.3 is 9.72 Å². The maximum Gasteiger partial charge on any atom is 0.180 e. The average Bonchev–Trinajstić information content (AvgIpc) is 2.80. The first-order valence-corrected chi connectivity index (χ1v) is 6.89. The summed E-state index contributed by atoms with van der Waals surface area (Å²) in [6, 6.07) is 5.23. The number of hydrogen-bond acceptors (Lipinski definition) is 3. The normalized spacial score (nSPS) is 10.9. The molecule has 0 bridgehead atoms. The number of halogens is 3. The number of anilines is 2. The van der Waals surface area contributed by atoms with Crippen LogP contribution in [0.1, 0.15) is 0 Å². The molecule has 0 spiro atoms. The Balaban J connectivity index is 2.07. The number of benzene rings is 1. The SMILES string of the molecule is Clc1ccc(Nc2nc(Br)cn3ccnc23)c(Cl)c1. The minimum absolute atomic E-state index is 0.527. The Bertz CT molecular complexity index is 757. The molecule has 0 radical (unpaired) electrons. The lowest BCUT2D eigenvalue weighted by molar-refractivity contribution is 1.10. The molecule has 0 unspecified atom stereocenters. The third kappa shape index (κ3) is 2.54. The summed E-state index contributed by atoms with van der Waals surface area (Å²) in [5.41, 5.74) is 1.44. The molecule has 2 aromatic heterocycles. The van der Waals surface area contributed by atoms with Crippen LogP contribution in [-0.4, -0.2) is 14.4 Å². The molecule has 0 fully saturated rings. The third-order valence-corrected chi connectivity index (χ3v) is 3.46. The highest BCUT2D eigenvalue weighted by Gasteiger charge is 2.09. The van der Waals surface area contributed by atoms with E-state index in [0.717, 1.165) is 5.69 Å². The average molecular weight is 358 g/mol. The highest BCUT2D eigenvalue weighted by molar-refractivity contribution is 9.10. The molecule has 4 nitrogen and oxygen atoms in total. The van der Waals surface area contributed by atoms with E-state index in [9.17, 15) is 0 Å². The fraction of sp³-hybridized carbons (Fsp3) is 0. The van der Waals surface area contributed by atoms with E-state index in [2.05, 4.69) is 31.2 Å². The molecule has 0 amide bonds. The van der Waals surface area contributed by atoms with Gasteiger partial charge in [0.2, 0.25) is 0 Å². The monoisotopic (exact) mass is 356 g/mol. The lowest BCUT2D eigenvalue weighted by Gasteiger charge is -2.09. The van der Waals surface area contributed by atoms with E-state index in [1.54, 1.807) is 24.4 Å². The van der Waals surface area contributed by atoms with Gasteiger partial charge in [-0.1, -0.05) is 23.2 Å². The van der Waals surface area contributed by atoms with Crippen molar-refractivity contribution < 1.29 is 0 Å². The number of aromatic nitrogens is 3. The van der Waals surface area contributed by atoms with E-state index in [1.165, 1.54) is 0 Å². The van der Waals surface area contributed by atoms with Crippen molar-refractivity contribution in [3.63, 3.8) is 0 Å². The van der Waals surface area contributed by atoms with Gasteiger partial charge in [-0.2, -0.15) is 0 Å². The first kappa shape index (κ1) is 12.7. The molecule has 0 saturated heterocycles. The van der Waals surface area contributed by atoms with Crippen LogP contribution in [0.2, 0.25) is 10.0 Å². The molecule has 1 N–H and O–H groups in total. The van der Waals surface area contributed by atoms with Crippen LogP contribution in [0.5, 0.6) is 0 Å². The zero-order valence-electron chi connectivity index (χ0n) is 9.44. The van der Waals surface area contributed by atoms with E-state index in [4.69, 9.17) is 23.2 Å². The fourth-order valence-electron chi connectivity index (χ4n) is 1.70. The van der Waals surface area contributed by atoms with Crippen molar-refractivity contribution >= 4 is 56.3 Å². The van der Waals surface area contributed by atoms with Gasteiger partial charge in [0, 0.05) is 23.6 Å². The van der Waals surface area contributed by atoms with Crippen molar-refractivity contribution in [1.82, 2.24) is 14.4 Å². The highest BCUT2D eigenvalue weighted by atomic mass is 79.9. The second-order valence-corrected chi connectivity index (χ2v) is 5.48. The summed E-state index contributed by atoms with van der Waals surface area (Å²) in [5, 5.41) is 4.27. The quantitative estimate of drug-likeness (QED) is 0.731. The minimum Gasteiger partial charge on any atom is -0.336 e. The molecule has 19 heavy (non-hydrogen) atoms. The van der Waals surface area contributed by atoms with Crippen LogP contribution in [0.3, 0.4) is 0 Å². The molecule has 7 heteroatoms. The molecule has 0 aliphatic heterocycles. The van der Waals surface area contributed by atoms with Crippen LogP contribution >= 0.6 is 39.1 Å². The predicted molar refractivity (Wildman–Crippen MR) is 80.4 cm³/mol. The molecule has 0 saturated carbocycles. The van der Waals surface area contributed by atoms with E-state index in [0.29, 0.717) is 26.1 Å². The Kier molecular flexibility index (Phi) is 3.35. The molecule has 0 aliphatic rings. The standard InChI is InChI=1S/C12H7BrCl2N4/c13-10-6-19-4-3-16-12(19)11(18-10)17-9-2-1-7(14)5-8(9)15/h1-6H,(H,17,18). The molecule has 1 aromatic carbocycles. The van der Waals surface area contributed by atoms with Crippen molar-refractivity contribution in [2.45, 2.75) is 0 Å². The first-order valence-electron chi connectivity index (χ1n) is 5.35. The van der Waals surface area contributed by atoms with Crippen LogP contribution in [0.4, 0.5) is 11.5 Å². The Hall–Kier alpha value is -1.30. The first-order chi connectivity index (χ1) is 9.13. The van der Waals surface area contributed by atoms with Crippen molar-refractivity contribution in [1.29, 1.82) is 0 Å². The molecule has 0 atom stereocenters. The van der Waals surface area contributed by atoms with Gasteiger partial charge in [0.15, 0.2) is 11.5 Å². The second kappa shape index (κ2) is 5.00. The molecule has 3 rings (SSSR count). The number of hydrogen-bond donors (Lipinski definition) is 1. The van der Waals surface area contributed by atoms with Gasteiger partial charge >= 0.3 is 0 Å². The topological polar surface area (TPSA) is 42.2 Å². The van der Waals surface area contributed by atoms with Gasteiger partial charge in [-0.15, -0.1) is 0 Å². The van der Waals surface area contributed by atoms with E-state index >= 15 is 0 Å². The minimum atomic E-state index is 0.527. The zero-order chi connectivity index (χ0) is 13.4. The summed E-state index contributed by atoms with van der Waals surface area (Å²) in [6.07, 6.45) is 5.38. The lowest BCUT2D eigenvalue weighted by atomic mass is 10.3. The van der Waals surface area contributed by atoms with Gasteiger partial charge in [-0.3, -0.25) is 0 Å². The number of rotatable bonds is 2. The predicted octanol–water partition coefficient (Wildman–Crippen LogP) is 4.54. The van der Waals surface area contributed by atoms with Crippen LogP contribution in [-0.2, 0) is 0 Å². The van der Waals surface area contributed by atoms with E-state index in [-0.39, 0.29) is 0 Å². The maximum atomic E-state index is 6.13. The van der Waals surface area contributed by atoms with E-state index in [1.807, 2.05) is 16.8 Å². The molecular weight excluding hydrogens is 351 g/mol. The van der Waals surface area contributed by atoms with Gasteiger partial charge in [0.05, 0.1) is 10.7 Å². The molecule has 96 valence electrons. The largest absolute Gasteiger partial charge is 0.336 e. The maximum absolute atomic E-state index is 6.13. The smallest absolute Gasteiger partial charge is 0.180 e. The molecule has 0 aliphatic carbocycles. The summed E-state index contributed by atoms with van der Waals surface area (Å²) >= 11 is 15.4. The zero-order valence-corrected chi connectivity index (χ0v) is 12.5. The number of imidazole rings is 1. The summed E-state index contributed by atoms with van der Waals surface area (Å²) < 4.78 is 2.56. The van der Waals surface area contributed by atoms with E-state index < -0.39 is 0 Å². The van der Waals surface area contributed by atoms with Gasteiger partial charge in [-0.05, 0) is 34.1 Å². The fourth-order valence-corrected chi connectivity index (χ4v) is 2.56. The van der Waals surface area contributed by atoms with Crippen LogP contribution in [0, 0.1) is 0 Å². The Labute approximate surface area is 127 Å². The Morgan fingerprint density at radius 2 is 2.11 bits per heavy atom. The molecular formula is C12H7BrCl2N4.